The third kappa shape index (κ3) is 9.53. The van der Waals surface area contributed by atoms with E-state index < -0.39 is 5.97 Å². The van der Waals surface area contributed by atoms with E-state index in [1.54, 1.807) is 6.92 Å². The number of aromatic nitrogens is 4. The lowest BCUT2D eigenvalue weighted by atomic mass is 10.1. The molecule has 0 saturated carbocycles. The zero-order chi connectivity index (χ0) is 25.9. The largest absolute Gasteiger partial charge is 0.480 e. The number of carbonyl (C=O) groups is 2. The van der Waals surface area contributed by atoms with Gasteiger partial charge in [0.05, 0.1) is 13.1 Å². The van der Waals surface area contributed by atoms with E-state index >= 15 is 0 Å². The topological polar surface area (TPSA) is 131 Å². The van der Waals surface area contributed by atoms with E-state index in [-0.39, 0.29) is 19.0 Å². The van der Waals surface area contributed by atoms with Crippen molar-refractivity contribution in [1.29, 1.82) is 0 Å². The predicted molar refractivity (Wildman–Crippen MR) is 135 cm³/mol. The molecule has 3 rings (SSSR count). The Bertz CT molecular complexity index is 972. The van der Waals surface area contributed by atoms with Gasteiger partial charge in [-0.2, -0.15) is 0 Å². The van der Waals surface area contributed by atoms with Crippen molar-refractivity contribution >= 4 is 11.9 Å². The number of nitrogens with zero attached hydrogens (tertiary/aromatic N) is 8. The number of aliphatic carboxylic acids is 1. The summed E-state index contributed by atoms with van der Waals surface area (Å²) < 4.78 is 0. The average Bonchev–Trinajstić information content (AvgIpc) is 2.86. The molecule has 12 nitrogen and oxygen atoms in total. The van der Waals surface area contributed by atoms with Crippen LogP contribution in [0, 0.1) is 6.92 Å². The number of nitrogens with one attached hydrogen (secondary N) is 1. The standard InChI is InChI=1S/C24H37N9O3/c1-19-26-28-24(29-27-19)21-6-4-20(5-7-21)16-25-22(34)17-32-12-10-30(2)8-9-31(3)11-13-33(15-14-32)18-23(35)36/h4-7H,8-18H2,1-3H3,(H,25,34)(H,35,36). The molecule has 1 amide bonds. The number of carboxylic acids is 1. The molecule has 12 heteroatoms. The molecule has 0 aliphatic carbocycles. The molecular weight excluding hydrogens is 462 g/mol. The highest BCUT2D eigenvalue weighted by molar-refractivity contribution is 5.78. The normalized spacial score (nSPS) is 17.8. The number of hydrogen-bond acceptors (Lipinski definition) is 10. The van der Waals surface area contributed by atoms with Crippen molar-refractivity contribution < 1.29 is 14.7 Å². The first-order chi connectivity index (χ1) is 17.3. The molecule has 2 heterocycles. The summed E-state index contributed by atoms with van der Waals surface area (Å²) in [5.41, 5.74) is 1.77. The Balaban J connectivity index is 1.53. The maximum Gasteiger partial charge on any atom is 0.317 e. The summed E-state index contributed by atoms with van der Waals surface area (Å²) in [5.74, 6) is 0.0825. The van der Waals surface area contributed by atoms with Crippen LogP contribution in [0.2, 0.25) is 0 Å². The zero-order valence-electron chi connectivity index (χ0n) is 21.4. The highest BCUT2D eigenvalue weighted by atomic mass is 16.4. The number of likely N-dealkylation sites (N-methyl/N-ethyl adjacent to an activating group) is 2. The van der Waals surface area contributed by atoms with Gasteiger partial charge in [-0.05, 0) is 26.6 Å². The Kier molecular flexibility index (Phi) is 10.6. The Morgan fingerprint density at radius 1 is 0.806 bits per heavy atom. The maximum absolute atomic E-state index is 12.7. The van der Waals surface area contributed by atoms with E-state index in [1.165, 1.54) is 0 Å². The summed E-state index contributed by atoms with van der Waals surface area (Å²) in [6.07, 6.45) is 0. The molecule has 2 N–H and O–H groups in total. The molecule has 196 valence electrons. The minimum Gasteiger partial charge on any atom is -0.480 e. The second-order valence-electron chi connectivity index (χ2n) is 9.30. The van der Waals surface area contributed by atoms with Crippen LogP contribution < -0.4 is 5.32 Å². The van der Waals surface area contributed by atoms with E-state index in [1.807, 2.05) is 29.2 Å². The van der Waals surface area contributed by atoms with Crippen LogP contribution in [0.25, 0.3) is 11.4 Å². The average molecular weight is 500 g/mol. The number of carboxylic acid groups (broad SMARTS) is 1. The monoisotopic (exact) mass is 499 g/mol. The molecule has 0 spiro atoms. The number of benzene rings is 1. The number of aryl methyl sites for hydroxylation is 1. The van der Waals surface area contributed by atoms with E-state index in [0.717, 1.165) is 43.9 Å². The molecule has 1 aliphatic rings. The zero-order valence-corrected chi connectivity index (χ0v) is 21.4. The number of carbonyl (C=O) groups excluding carboxylic acids is 1. The van der Waals surface area contributed by atoms with Gasteiger partial charge in [0.2, 0.25) is 11.7 Å². The van der Waals surface area contributed by atoms with Crippen LogP contribution in [0.15, 0.2) is 24.3 Å². The summed E-state index contributed by atoms with van der Waals surface area (Å²) in [4.78, 5) is 32.6. The number of amides is 1. The highest BCUT2D eigenvalue weighted by Gasteiger charge is 2.17. The minimum atomic E-state index is -0.832. The van der Waals surface area contributed by atoms with E-state index in [9.17, 15) is 14.7 Å². The van der Waals surface area contributed by atoms with Crippen LogP contribution in [0.5, 0.6) is 0 Å². The predicted octanol–water partition coefficient (Wildman–Crippen LogP) is -0.576. The fraction of sp³-hybridized carbons (Fsp3) is 0.583. The van der Waals surface area contributed by atoms with Crippen LogP contribution in [-0.4, -0.2) is 137 Å². The van der Waals surface area contributed by atoms with Gasteiger partial charge in [0.15, 0.2) is 5.82 Å². The quantitative estimate of drug-likeness (QED) is 0.507. The summed E-state index contributed by atoms with van der Waals surface area (Å²) in [7, 11) is 4.15. The second-order valence-corrected chi connectivity index (χ2v) is 9.30. The first-order valence-electron chi connectivity index (χ1n) is 12.2. The SMILES string of the molecule is Cc1nnc(-c2ccc(CNC(=O)CN3CCN(C)CCN(C)CCN(CC(=O)O)CC3)cc2)nn1. The summed E-state index contributed by atoms with van der Waals surface area (Å²) in [6.45, 7) is 8.55. The Morgan fingerprint density at radius 3 is 1.86 bits per heavy atom. The number of hydrogen-bond donors (Lipinski definition) is 2. The van der Waals surface area contributed by atoms with Crippen molar-refractivity contribution in [2.24, 2.45) is 0 Å². The van der Waals surface area contributed by atoms with Crippen LogP contribution >= 0.6 is 0 Å². The minimum absolute atomic E-state index is 0.00350. The Labute approximate surface area is 212 Å². The van der Waals surface area contributed by atoms with Crippen molar-refractivity contribution in [3.8, 4) is 11.4 Å². The molecule has 1 aliphatic heterocycles. The van der Waals surface area contributed by atoms with Crippen molar-refractivity contribution in [2.45, 2.75) is 13.5 Å². The van der Waals surface area contributed by atoms with Crippen molar-refractivity contribution in [3.05, 3.63) is 35.7 Å². The third-order valence-corrected chi connectivity index (χ3v) is 6.20. The molecular formula is C24H37N9O3. The lowest BCUT2D eigenvalue weighted by Crippen LogP contribution is -2.47. The molecule has 0 radical (unpaired) electrons. The number of rotatable bonds is 7. The van der Waals surface area contributed by atoms with Gasteiger partial charge in [0.1, 0.15) is 0 Å². The van der Waals surface area contributed by atoms with Crippen molar-refractivity contribution in [3.63, 3.8) is 0 Å². The van der Waals surface area contributed by atoms with Crippen LogP contribution in [0.4, 0.5) is 0 Å². The van der Waals surface area contributed by atoms with E-state index in [4.69, 9.17) is 0 Å². The molecule has 2 aromatic rings. The van der Waals surface area contributed by atoms with Gasteiger partial charge in [-0.3, -0.25) is 19.4 Å². The smallest absolute Gasteiger partial charge is 0.317 e. The highest BCUT2D eigenvalue weighted by Crippen LogP contribution is 2.14. The van der Waals surface area contributed by atoms with Crippen molar-refractivity contribution in [1.82, 2.24) is 45.3 Å². The molecule has 1 fully saturated rings. The lowest BCUT2D eigenvalue weighted by molar-refractivity contribution is -0.138. The van der Waals surface area contributed by atoms with Crippen LogP contribution in [0.1, 0.15) is 11.4 Å². The third-order valence-electron chi connectivity index (χ3n) is 6.20. The molecule has 1 saturated heterocycles. The van der Waals surface area contributed by atoms with E-state index in [2.05, 4.69) is 54.5 Å². The summed E-state index contributed by atoms with van der Waals surface area (Å²) in [5, 5.41) is 28.2. The fourth-order valence-corrected chi connectivity index (χ4v) is 3.83. The lowest BCUT2D eigenvalue weighted by Gasteiger charge is -2.31. The van der Waals surface area contributed by atoms with Crippen LogP contribution in [0.3, 0.4) is 0 Å². The molecule has 1 aromatic carbocycles. The van der Waals surface area contributed by atoms with Gasteiger partial charge in [-0.25, -0.2) is 0 Å². The van der Waals surface area contributed by atoms with Gasteiger partial charge in [-0.15, -0.1) is 20.4 Å². The van der Waals surface area contributed by atoms with Gasteiger partial charge in [0.25, 0.3) is 0 Å². The molecule has 0 atom stereocenters. The van der Waals surface area contributed by atoms with Gasteiger partial charge >= 0.3 is 5.97 Å². The second kappa shape index (κ2) is 13.9. The summed E-state index contributed by atoms with van der Waals surface area (Å²) in [6, 6.07) is 7.61. The molecule has 0 bridgehead atoms. The van der Waals surface area contributed by atoms with E-state index in [0.29, 0.717) is 37.8 Å². The molecule has 36 heavy (non-hydrogen) atoms. The Hall–Kier alpha value is -3.06. The Morgan fingerprint density at radius 2 is 1.31 bits per heavy atom. The van der Waals surface area contributed by atoms with Crippen LogP contribution in [-0.2, 0) is 16.1 Å². The first kappa shape index (κ1) is 27.5. The summed E-state index contributed by atoms with van der Waals surface area (Å²) >= 11 is 0. The molecule has 0 unspecified atom stereocenters. The van der Waals surface area contributed by atoms with Gasteiger partial charge < -0.3 is 20.2 Å². The van der Waals surface area contributed by atoms with Gasteiger partial charge in [0, 0.05) is 64.5 Å². The fourth-order valence-electron chi connectivity index (χ4n) is 3.83. The molecule has 1 aromatic heterocycles. The first-order valence-corrected chi connectivity index (χ1v) is 12.2. The maximum atomic E-state index is 12.7. The van der Waals surface area contributed by atoms with Gasteiger partial charge in [-0.1, -0.05) is 24.3 Å². The van der Waals surface area contributed by atoms with Crippen molar-refractivity contribution in [2.75, 3.05) is 79.5 Å².